The Bertz CT molecular complexity index is 744. The van der Waals surface area contributed by atoms with E-state index in [-0.39, 0.29) is 5.91 Å². The van der Waals surface area contributed by atoms with Crippen LogP contribution >= 0.6 is 0 Å². The van der Waals surface area contributed by atoms with Crippen molar-refractivity contribution in [3.05, 3.63) is 41.8 Å². The summed E-state index contributed by atoms with van der Waals surface area (Å²) in [6, 6.07) is 10.4. The number of aryl methyl sites for hydroxylation is 1. The summed E-state index contributed by atoms with van der Waals surface area (Å²) in [5.41, 5.74) is 1.69. The van der Waals surface area contributed by atoms with Crippen LogP contribution in [0.25, 0.3) is 11.5 Å². The van der Waals surface area contributed by atoms with Gasteiger partial charge >= 0.3 is 0 Å². The number of hydrogen-bond donors (Lipinski definition) is 1. The van der Waals surface area contributed by atoms with Crippen LogP contribution in [0.2, 0.25) is 0 Å². The Morgan fingerprint density at radius 1 is 1.19 bits per heavy atom. The van der Waals surface area contributed by atoms with Gasteiger partial charge in [-0.15, -0.1) is 0 Å². The van der Waals surface area contributed by atoms with E-state index in [1.807, 2.05) is 42.2 Å². The maximum atomic E-state index is 12.7. The number of piperidine rings is 1. The monoisotopic (exact) mass is 353 g/mol. The first-order valence-electron chi connectivity index (χ1n) is 9.72. The molecule has 0 unspecified atom stereocenters. The maximum absolute atomic E-state index is 12.7. The van der Waals surface area contributed by atoms with Crippen LogP contribution in [-0.4, -0.2) is 41.5 Å². The average molecular weight is 353 g/mol. The van der Waals surface area contributed by atoms with Crippen molar-refractivity contribution in [2.24, 2.45) is 5.92 Å². The average Bonchev–Trinajstić information content (AvgIpc) is 3.44. The molecule has 1 N–H and O–H groups in total. The molecular weight excluding hydrogens is 326 g/mol. The molecule has 4 rings (SSSR count). The van der Waals surface area contributed by atoms with Gasteiger partial charge in [-0.05, 0) is 57.2 Å². The number of carbonyl (C=O) groups excluding carboxylic acids is 1. The van der Waals surface area contributed by atoms with Gasteiger partial charge in [-0.1, -0.05) is 18.2 Å². The summed E-state index contributed by atoms with van der Waals surface area (Å²) >= 11 is 0. The molecule has 1 aliphatic carbocycles. The van der Waals surface area contributed by atoms with Gasteiger partial charge in [-0.2, -0.15) is 0 Å². The second kappa shape index (κ2) is 7.62. The lowest BCUT2D eigenvalue weighted by atomic mass is 10.0. The van der Waals surface area contributed by atoms with E-state index in [1.54, 1.807) is 0 Å². The molecule has 138 valence electrons. The summed E-state index contributed by atoms with van der Waals surface area (Å²) < 4.78 is 5.77. The van der Waals surface area contributed by atoms with Gasteiger partial charge in [0.05, 0.1) is 12.1 Å². The fourth-order valence-electron chi connectivity index (χ4n) is 3.54. The van der Waals surface area contributed by atoms with E-state index >= 15 is 0 Å². The van der Waals surface area contributed by atoms with E-state index in [4.69, 9.17) is 4.42 Å². The lowest BCUT2D eigenvalue weighted by molar-refractivity contribution is -0.131. The smallest absolute Gasteiger partial charge is 0.228 e. The second-order valence-electron chi connectivity index (χ2n) is 7.57. The molecule has 2 aromatic rings. The standard InChI is InChI=1S/C21H27N3O2/c1-15-19(23-21(26-15)17-5-3-2-4-6-17)13-20(25)24-11-9-18(10-12-24)22-14-16-7-8-16/h2-6,16,18,22H,7-14H2,1H3. The molecule has 1 saturated carbocycles. The molecule has 2 heterocycles. The van der Waals surface area contributed by atoms with Crippen molar-refractivity contribution in [3.63, 3.8) is 0 Å². The van der Waals surface area contributed by atoms with E-state index in [0.29, 0.717) is 18.4 Å². The minimum Gasteiger partial charge on any atom is -0.441 e. The molecule has 0 radical (unpaired) electrons. The first kappa shape index (κ1) is 17.3. The number of carbonyl (C=O) groups is 1. The van der Waals surface area contributed by atoms with Crippen LogP contribution in [0.4, 0.5) is 0 Å². The lowest BCUT2D eigenvalue weighted by Crippen LogP contribution is -2.45. The first-order chi connectivity index (χ1) is 12.7. The number of aromatic nitrogens is 1. The van der Waals surface area contributed by atoms with Gasteiger partial charge in [0, 0.05) is 24.7 Å². The second-order valence-corrected chi connectivity index (χ2v) is 7.57. The minimum atomic E-state index is 0.154. The van der Waals surface area contributed by atoms with Crippen molar-refractivity contribution in [2.45, 2.75) is 45.1 Å². The number of hydrogen-bond acceptors (Lipinski definition) is 4. The molecule has 1 aromatic carbocycles. The van der Waals surface area contributed by atoms with Crippen molar-refractivity contribution in [2.75, 3.05) is 19.6 Å². The van der Waals surface area contributed by atoms with E-state index in [9.17, 15) is 4.79 Å². The minimum absolute atomic E-state index is 0.154. The van der Waals surface area contributed by atoms with Crippen molar-refractivity contribution in [1.82, 2.24) is 15.2 Å². The number of amides is 1. The number of nitrogens with zero attached hydrogens (tertiary/aromatic N) is 2. The summed E-state index contributed by atoms with van der Waals surface area (Å²) in [5.74, 6) is 2.39. The molecule has 5 heteroatoms. The van der Waals surface area contributed by atoms with Crippen LogP contribution in [0.15, 0.2) is 34.7 Å². The maximum Gasteiger partial charge on any atom is 0.228 e. The van der Waals surface area contributed by atoms with E-state index < -0.39 is 0 Å². The Morgan fingerprint density at radius 2 is 1.92 bits per heavy atom. The molecule has 26 heavy (non-hydrogen) atoms. The Hall–Kier alpha value is -2.14. The third-order valence-corrected chi connectivity index (χ3v) is 5.47. The normalized spacial score (nSPS) is 18.3. The molecule has 0 bridgehead atoms. The van der Waals surface area contributed by atoms with Crippen molar-refractivity contribution >= 4 is 5.91 Å². The van der Waals surface area contributed by atoms with Gasteiger partial charge in [0.1, 0.15) is 5.76 Å². The molecule has 1 aromatic heterocycles. The Kier molecular flexibility index (Phi) is 5.07. The highest BCUT2D eigenvalue weighted by Gasteiger charge is 2.26. The van der Waals surface area contributed by atoms with E-state index in [2.05, 4.69) is 10.3 Å². The molecule has 5 nitrogen and oxygen atoms in total. The van der Waals surface area contributed by atoms with Gasteiger partial charge in [-0.25, -0.2) is 4.98 Å². The van der Waals surface area contributed by atoms with Crippen LogP contribution in [0.1, 0.15) is 37.1 Å². The fraction of sp³-hybridized carbons (Fsp3) is 0.524. The molecule has 1 aliphatic heterocycles. The van der Waals surface area contributed by atoms with Gasteiger partial charge in [0.15, 0.2) is 0 Å². The summed E-state index contributed by atoms with van der Waals surface area (Å²) in [5, 5.41) is 3.66. The number of benzene rings is 1. The molecule has 1 saturated heterocycles. The number of rotatable bonds is 6. The Balaban J connectivity index is 1.31. The molecule has 2 fully saturated rings. The predicted molar refractivity (Wildman–Crippen MR) is 101 cm³/mol. The zero-order valence-corrected chi connectivity index (χ0v) is 15.4. The third kappa shape index (κ3) is 4.15. The summed E-state index contributed by atoms with van der Waals surface area (Å²) in [4.78, 5) is 19.2. The molecule has 1 amide bonds. The first-order valence-corrected chi connectivity index (χ1v) is 9.72. The SMILES string of the molecule is Cc1oc(-c2ccccc2)nc1CC(=O)N1CCC(NCC2CC2)CC1. The fourth-order valence-corrected chi connectivity index (χ4v) is 3.54. The molecule has 2 aliphatic rings. The molecule has 0 spiro atoms. The van der Waals surface area contributed by atoms with Crippen LogP contribution in [-0.2, 0) is 11.2 Å². The summed E-state index contributed by atoms with van der Waals surface area (Å²) in [6.45, 7) is 4.71. The van der Waals surface area contributed by atoms with Crippen molar-refractivity contribution in [1.29, 1.82) is 0 Å². The Labute approximate surface area is 154 Å². The lowest BCUT2D eigenvalue weighted by Gasteiger charge is -2.32. The highest BCUT2D eigenvalue weighted by Crippen LogP contribution is 2.28. The third-order valence-electron chi connectivity index (χ3n) is 5.47. The highest BCUT2D eigenvalue weighted by atomic mass is 16.4. The molecular formula is C21H27N3O2. The van der Waals surface area contributed by atoms with Crippen LogP contribution in [0.5, 0.6) is 0 Å². The Morgan fingerprint density at radius 3 is 2.62 bits per heavy atom. The van der Waals surface area contributed by atoms with E-state index in [0.717, 1.165) is 55.4 Å². The topological polar surface area (TPSA) is 58.4 Å². The van der Waals surface area contributed by atoms with Crippen molar-refractivity contribution in [3.8, 4) is 11.5 Å². The summed E-state index contributed by atoms with van der Waals surface area (Å²) in [7, 11) is 0. The zero-order chi connectivity index (χ0) is 17.9. The number of oxazole rings is 1. The van der Waals surface area contributed by atoms with Crippen LogP contribution in [0, 0.1) is 12.8 Å². The van der Waals surface area contributed by atoms with E-state index in [1.165, 1.54) is 12.8 Å². The number of likely N-dealkylation sites (tertiary alicyclic amines) is 1. The molecule has 0 atom stereocenters. The van der Waals surface area contributed by atoms with Gasteiger partial charge in [0.25, 0.3) is 0 Å². The van der Waals surface area contributed by atoms with Crippen LogP contribution < -0.4 is 5.32 Å². The predicted octanol–water partition coefficient (Wildman–Crippen LogP) is 3.18. The van der Waals surface area contributed by atoms with Gasteiger partial charge in [0.2, 0.25) is 11.8 Å². The van der Waals surface area contributed by atoms with Gasteiger partial charge < -0.3 is 14.6 Å². The van der Waals surface area contributed by atoms with Crippen LogP contribution in [0.3, 0.4) is 0 Å². The van der Waals surface area contributed by atoms with Crippen molar-refractivity contribution < 1.29 is 9.21 Å². The largest absolute Gasteiger partial charge is 0.441 e. The highest BCUT2D eigenvalue weighted by molar-refractivity contribution is 5.78. The summed E-state index contributed by atoms with van der Waals surface area (Å²) in [6.07, 6.45) is 5.18. The van der Waals surface area contributed by atoms with Gasteiger partial charge in [-0.3, -0.25) is 4.79 Å². The number of nitrogens with one attached hydrogen (secondary N) is 1. The quantitative estimate of drug-likeness (QED) is 0.866. The zero-order valence-electron chi connectivity index (χ0n) is 15.4.